The second-order valence-electron chi connectivity index (χ2n) is 3.75. The number of hydrogen-bond acceptors (Lipinski definition) is 5. The summed E-state index contributed by atoms with van der Waals surface area (Å²) in [5, 5.41) is 8.77. The van der Waals surface area contributed by atoms with E-state index in [1.165, 1.54) is 16.4 Å². The van der Waals surface area contributed by atoms with Crippen LogP contribution < -0.4 is 11.6 Å². The standard InChI is InChI=1S/C11H15N5S/c1-3-10-14-15-11(16(10)13)17-9-5-4-8(12)6-7(9)2/h4-6H,3,12-13H2,1-2H3. The summed E-state index contributed by atoms with van der Waals surface area (Å²) < 4.78 is 1.53. The maximum absolute atomic E-state index is 5.89. The van der Waals surface area contributed by atoms with Crippen molar-refractivity contribution in [3.05, 3.63) is 29.6 Å². The van der Waals surface area contributed by atoms with E-state index >= 15 is 0 Å². The van der Waals surface area contributed by atoms with Crippen molar-refractivity contribution in [2.24, 2.45) is 0 Å². The monoisotopic (exact) mass is 249 g/mol. The van der Waals surface area contributed by atoms with Crippen molar-refractivity contribution in [3.8, 4) is 0 Å². The molecule has 0 radical (unpaired) electrons. The number of hydrogen-bond donors (Lipinski definition) is 2. The Kier molecular flexibility index (Phi) is 3.23. The number of nitrogens with two attached hydrogens (primary N) is 2. The van der Waals surface area contributed by atoms with Gasteiger partial charge in [0.1, 0.15) is 0 Å². The summed E-state index contributed by atoms with van der Waals surface area (Å²) in [7, 11) is 0. The third-order valence-corrected chi connectivity index (χ3v) is 3.59. The predicted molar refractivity (Wildman–Crippen MR) is 69.3 cm³/mol. The molecule has 6 heteroatoms. The van der Waals surface area contributed by atoms with E-state index in [1.807, 2.05) is 32.0 Å². The number of aryl methyl sites for hydroxylation is 2. The molecule has 1 heterocycles. The van der Waals surface area contributed by atoms with Gasteiger partial charge in [-0.2, -0.15) is 0 Å². The van der Waals surface area contributed by atoms with Crippen LogP contribution in [0.15, 0.2) is 28.3 Å². The van der Waals surface area contributed by atoms with Crippen LogP contribution in [0.1, 0.15) is 18.3 Å². The lowest BCUT2D eigenvalue weighted by Crippen LogP contribution is -2.13. The van der Waals surface area contributed by atoms with E-state index < -0.39 is 0 Å². The molecule has 0 saturated carbocycles. The zero-order chi connectivity index (χ0) is 12.4. The van der Waals surface area contributed by atoms with Crippen molar-refractivity contribution in [3.63, 3.8) is 0 Å². The number of nitrogen functional groups attached to an aromatic ring is 2. The highest BCUT2D eigenvalue weighted by Crippen LogP contribution is 2.29. The summed E-state index contributed by atoms with van der Waals surface area (Å²) in [5.41, 5.74) is 7.58. The summed E-state index contributed by atoms with van der Waals surface area (Å²) in [4.78, 5) is 1.08. The Balaban J connectivity index is 2.28. The summed E-state index contributed by atoms with van der Waals surface area (Å²) in [6, 6.07) is 5.77. The average Bonchev–Trinajstić information content (AvgIpc) is 2.64. The summed E-state index contributed by atoms with van der Waals surface area (Å²) in [6.07, 6.45) is 0.769. The van der Waals surface area contributed by atoms with Crippen molar-refractivity contribution >= 4 is 17.4 Å². The minimum atomic E-state index is 0.690. The highest BCUT2D eigenvalue weighted by atomic mass is 32.2. The van der Waals surface area contributed by atoms with Crippen LogP contribution in [-0.2, 0) is 6.42 Å². The van der Waals surface area contributed by atoms with E-state index in [0.717, 1.165) is 28.4 Å². The van der Waals surface area contributed by atoms with Gasteiger partial charge in [-0.3, -0.25) is 0 Å². The van der Waals surface area contributed by atoms with Crippen LogP contribution in [0.3, 0.4) is 0 Å². The third kappa shape index (κ3) is 2.36. The van der Waals surface area contributed by atoms with Gasteiger partial charge in [0.15, 0.2) is 5.82 Å². The first-order valence-corrected chi connectivity index (χ1v) is 6.16. The molecule has 0 aliphatic carbocycles. The molecule has 0 aliphatic heterocycles. The molecule has 1 aromatic heterocycles. The average molecular weight is 249 g/mol. The fraction of sp³-hybridized carbons (Fsp3) is 0.273. The predicted octanol–water partition coefficient (Wildman–Crippen LogP) is 1.60. The molecular formula is C11H15N5S. The number of anilines is 1. The number of benzene rings is 1. The van der Waals surface area contributed by atoms with Gasteiger partial charge < -0.3 is 11.6 Å². The van der Waals surface area contributed by atoms with E-state index in [1.54, 1.807) is 0 Å². The molecule has 0 fully saturated rings. The molecule has 0 bridgehead atoms. The maximum atomic E-state index is 5.89. The molecule has 0 spiro atoms. The lowest BCUT2D eigenvalue weighted by Gasteiger charge is -2.06. The topological polar surface area (TPSA) is 82.8 Å². The van der Waals surface area contributed by atoms with E-state index in [4.69, 9.17) is 11.6 Å². The zero-order valence-corrected chi connectivity index (χ0v) is 10.7. The summed E-state index contributed by atoms with van der Waals surface area (Å²) >= 11 is 1.49. The van der Waals surface area contributed by atoms with Gasteiger partial charge in [0, 0.05) is 17.0 Å². The van der Waals surface area contributed by atoms with Gasteiger partial charge in [-0.15, -0.1) is 10.2 Å². The first-order valence-electron chi connectivity index (χ1n) is 5.35. The Labute approximate surface area is 104 Å². The van der Waals surface area contributed by atoms with Crippen molar-refractivity contribution in [1.82, 2.24) is 14.9 Å². The Morgan fingerprint density at radius 1 is 1.35 bits per heavy atom. The zero-order valence-electron chi connectivity index (χ0n) is 9.84. The molecule has 1 aromatic carbocycles. The normalized spacial score (nSPS) is 10.7. The molecule has 5 nitrogen and oxygen atoms in total. The molecule has 0 saturated heterocycles. The Bertz CT molecular complexity index is 535. The van der Waals surface area contributed by atoms with Crippen molar-refractivity contribution in [1.29, 1.82) is 0 Å². The molecule has 90 valence electrons. The second kappa shape index (κ2) is 4.67. The maximum Gasteiger partial charge on any atom is 0.214 e. The van der Waals surface area contributed by atoms with Crippen LogP contribution in [0.5, 0.6) is 0 Å². The number of aromatic nitrogens is 3. The molecule has 17 heavy (non-hydrogen) atoms. The summed E-state index contributed by atoms with van der Waals surface area (Å²) in [5.74, 6) is 6.67. The van der Waals surface area contributed by atoms with Crippen molar-refractivity contribution < 1.29 is 0 Å². The van der Waals surface area contributed by atoms with Crippen molar-refractivity contribution in [2.75, 3.05) is 11.6 Å². The van der Waals surface area contributed by atoms with Gasteiger partial charge in [-0.25, -0.2) is 4.68 Å². The van der Waals surface area contributed by atoms with Crippen LogP contribution in [0.2, 0.25) is 0 Å². The second-order valence-corrected chi connectivity index (χ2v) is 4.76. The Morgan fingerprint density at radius 2 is 2.12 bits per heavy atom. The van der Waals surface area contributed by atoms with E-state index in [-0.39, 0.29) is 0 Å². The lowest BCUT2D eigenvalue weighted by atomic mass is 10.2. The van der Waals surface area contributed by atoms with Gasteiger partial charge >= 0.3 is 0 Å². The summed E-state index contributed by atoms with van der Waals surface area (Å²) in [6.45, 7) is 4.01. The minimum absolute atomic E-state index is 0.690. The molecule has 4 N–H and O–H groups in total. The fourth-order valence-electron chi connectivity index (χ4n) is 1.50. The van der Waals surface area contributed by atoms with E-state index in [9.17, 15) is 0 Å². The first-order chi connectivity index (χ1) is 8.11. The van der Waals surface area contributed by atoms with Crippen LogP contribution in [-0.4, -0.2) is 14.9 Å². The Morgan fingerprint density at radius 3 is 2.71 bits per heavy atom. The van der Waals surface area contributed by atoms with Gasteiger partial charge in [-0.05, 0) is 42.4 Å². The Hall–Kier alpha value is -1.69. The molecule has 2 aromatic rings. The van der Waals surface area contributed by atoms with E-state index in [0.29, 0.717) is 5.16 Å². The van der Waals surface area contributed by atoms with Crippen LogP contribution in [0.4, 0.5) is 5.69 Å². The van der Waals surface area contributed by atoms with Crippen LogP contribution in [0.25, 0.3) is 0 Å². The largest absolute Gasteiger partial charge is 0.399 e. The molecular weight excluding hydrogens is 234 g/mol. The van der Waals surface area contributed by atoms with Crippen LogP contribution in [0, 0.1) is 6.92 Å². The van der Waals surface area contributed by atoms with Gasteiger partial charge in [-0.1, -0.05) is 6.92 Å². The molecule has 2 rings (SSSR count). The first kappa shape index (κ1) is 11.8. The molecule has 0 amide bonds. The van der Waals surface area contributed by atoms with E-state index in [2.05, 4.69) is 10.2 Å². The molecule has 0 atom stereocenters. The quantitative estimate of drug-likeness (QED) is 0.637. The molecule has 0 unspecified atom stereocenters. The number of nitrogens with zero attached hydrogens (tertiary/aromatic N) is 3. The lowest BCUT2D eigenvalue weighted by molar-refractivity contribution is 0.796. The smallest absolute Gasteiger partial charge is 0.214 e. The van der Waals surface area contributed by atoms with Crippen molar-refractivity contribution in [2.45, 2.75) is 30.3 Å². The highest BCUT2D eigenvalue weighted by molar-refractivity contribution is 7.99. The number of rotatable bonds is 3. The highest BCUT2D eigenvalue weighted by Gasteiger charge is 2.10. The SMILES string of the molecule is CCc1nnc(Sc2ccc(N)cc2C)n1N. The van der Waals surface area contributed by atoms with Crippen LogP contribution >= 0.6 is 11.8 Å². The third-order valence-electron chi connectivity index (χ3n) is 2.45. The molecule has 0 aliphatic rings. The van der Waals surface area contributed by atoms with Gasteiger partial charge in [0.25, 0.3) is 0 Å². The van der Waals surface area contributed by atoms with Gasteiger partial charge in [0.2, 0.25) is 5.16 Å². The minimum Gasteiger partial charge on any atom is -0.399 e. The van der Waals surface area contributed by atoms with Gasteiger partial charge in [0.05, 0.1) is 0 Å². The fourth-order valence-corrected chi connectivity index (χ4v) is 2.34.